The van der Waals surface area contributed by atoms with Crippen molar-refractivity contribution in [3.63, 3.8) is 0 Å². The molecule has 0 amide bonds. The summed E-state index contributed by atoms with van der Waals surface area (Å²) in [6.45, 7) is 7.48. The van der Waals surface area contributed by atoms with Gasteiger partial charge in [-0.3, -0.25) is 0 Å². The van der Waals surface area contributed by atoms with Crippen molar-refractivity contribution in [2.24, 2.45) is 0 Å². The molecule has 0 aromatic carbocycles. The maximum Gasteiger partial charge on any atom is 0.175 e. The van der Waals surface area contributed by atoms with Crippen LogP contribution in [0.15, 0.2) is 0 Å². The van der Waals surface area contributed by atoms with Gasteiger partial charge >= 0.3 is 0 Å². The zero-order valence-electron chi connectivity index (χ0n) is 8.13. The average Bonchev–Trinajstić information content (AvgIpc) is 2.83. The number of hydrogen-bond donors (Lipinski definition) is 0. The number of epoxide rings is 2. The highest BCUT2D eigenvalue weighted by molar-refractivity contribution is 6.73. The maximum absolute atomic E-state index is 5.49. The van der Waals surface area contributed by atoms with Crippen LogP contribution in [0.1, 0.15) is 0 Å². The summed E-state index contributed by atoms with van der Waals surface area (Å²) in [5, 5.41) is 0. The Morgan fingerprint density at radius 3 is 2.25 bits per heavy atom. The van der Waals surface area contributed by atoms with Crippen LogP contribution in [-0.2, 0) is 13.6 Å². The molecular formula is C7H18O3Si2. The van der Waals surface area contributed by atoms with E-state index in [0.717, 1.165) is 30.3 Å². The van der Waals surface area contributed by atoms with Crippen LogP contribution >= 0.6 is 0 Å². The molecule has 2 aliphatic rings. The second-order valence-electron chi connectivity index (χ2n) is 3.74. The van der Waals surface area contributed by atoms with Crippen molar-refractivity contribution < 1.29 is 13.6 Å². The first-order valence-electron chi connectivity index (χ1n) is 4.38. The normalized spacial score (nSPS) is 26.0. The first-order valence-corrected chi connectivity index (χ1v) is 8.32. The van der Waals surface area contributed by atoms with Gasteiger partial charge in [-0.2, -0.15) is 0 Å². The van der Waals surface area contributed by atoms with E-state index in [1.165, 1.54) is 6.04 Å². The van der Waals surface area contributed by atoms with Crippen molar-refractivity contribution in [3.8, 4) is 0 Å². The van der Waals surface area contributed by atoms with Crippen LogP contribution < -0.4 is 0 Å². The standard InChI is InChI=1S/C5H14O2Si2.C2H4O/c1-9(2,7-8)4-5-3-6-5;1-2-3-1/h5H,3-4H2,1-2,8H3;1-2H2. The highest BCUT2D eigenvalue weighted by atomic mass is 28.4. The lowest BCUT2D eigenvalue weighted by Gasteiger charge is -2.18. The van der Waals surface area contributed by atoms with Gasteiger partial charge in [0.1, 0.15) is 10.5 Å². The summed E-state index contributed by atoms with van der Waals surface area (Å²) in [5.41, 5.74) is 0. The first-order chi connectivity index (χ1) is 5.64. The number of hydrogen-bond acceptors (Lipinski definition) is 3. The van der Waals surface area contributed by atoms with Crippen molar-refractivity contribution in [1.82, 2.24) is 0 Å². The molecule has 0 aromatic rings. The Kier molecular flexibility index (Phi) is 3.92. The fourth-order valence-corrected chi connectivity index (χ4v) is 2.82. The predicted molar refractivity (Wildman–Crippen MR) is 53.9 cm³/mol. The zero-order chi connectivity index (χ0) is 9.03. The van der Waals surface area contributed by atoms with E-state index < -0.39 is 8.32 Å². The van der Waals surface area contributed by atoms with Crippen LogP contribution in [0, 0.1) is 0 Å². The lowest BCUT2D eigenvalue weighted by Crippen LogP contribution is -2.30. The predicted octanol–water partition coefficient (Wildman–Crippen LogP) is -0.0961. The van der Waals surface area contributed by atoms with E-state index >= 15 is 0 Å². The zero-order valence-corrected chi connectivity index (χ0v) is 11.1. The van der Waals surface area contributed by atoms with E-state index in [0.29, 0.717) is 6.10 Å². The van der Waals surface area contributed by atoms with Gasteiger partial charge in [0.25, 0.3) is 0 Å². The summed E-state index contributed by atoms with van der Waals surface area (Å²) in [6, 6.07) is 1.19. The summed E-state index contributed by atoms with van der Waals surface area (Å²) in [6.07, 6.45) is 0.556. The van der Waals surface area contributed by atoms with Gasteiger partial charge in [-0.25, -0.2) is 0 Å². The Morgan fingerprint density at radius 2 is 2.00 bits per heavy atom. The molecule has 0 bridgehead atoms. The second kappa shape index (κ2) is 4.52. The quantitative estimate of drug-likeness (QED) is 0.478. The van der Waals surface area contributed by atoms with Gasteiger partial charge < -0.3 is 13.6 Å². The third-order valence-electron chi connectivity index (χ3n) is 1.88. The van der Waals surface area contributed by atoms with E-state index in [2.05, 4.69) is 17.8 Å². The van der Waals surface area contributed by atoms with Crippen LogP contribution in [0.3, 0.4) is 0 Å². The molecule has 0 saturated carbocycles. The fraction of sp³-hybridized carbons (Fsp3) is 1.00. The molecule has 12 heavy (non-hydrogen) atoms. The highest BCUT2D eigenvalue weighted by Gasteiger charge is 2.32. The van der Waals surface area contributed by atoms with Crippen LogP contribution in [0.5, 0.6) is 0 Å². The summed E-state index contributed by atoms with van der Waals surface area (Å²) in [7, 11) is -0.354. The molecule has 0 aliphatic carbocycles. The topological polar surface area (TPSA) is 34.3 Å². The molecule has 2 aliphatic heterocycles. The molecular weight excluding hydrogens is 188 g/mol. The lowest BCUT2D eigenvalue weighted by atomic mass is 10.6. The van der Waals surface area contributed by atoms with Crippen molar-refractivity contribution in [3.05, 3.63) is 0 Å². The average molecular weight is 206 g/mol. The molecule has 2 heterocycles. The van der Waals surface area contributed by atoms with Crippen LogP contribution in [0.2, 0.25) is 19.1 Å². The molecule has 0 aromatic heterocycles. The minimum absolute atomic E-state index is 0.556. The van der Waals surface area contributed by atoms with Crippen molar-refractivity contribution in [2.75, 3.05) is 19.8 Å². The minimum Gasteiger partial charge on any atom is -0.463 e. The lowest BCUT2D eigenvalue weighted by molar-refractivity contribution is 0.415. The number of ether oxygens (including phenoxy) is 2. The Hall–Kier alpha value is 0.314. The van der Waals surface area contributed by atoms with Gasteiger partial charge in [0, 0.05) is 0 Å². The fourth-order valence-electron chi connectivity index (χ4n) is 0.818. The van der Waals surface area contributed by atoms with Gasteiger partial charge in [-0.05, 0) is 19.1 Å². The smallest absolute Gasteiger partial charge is 0.175 e. The molecule has 72 valence electrons. The monoisotopic (exact) mass is 206 g/mol. The Morgan fingerprint density at radius 1 is 1.50 bits per heavy atom. The molecule has 1 unspecified atom stereocenters. The van der Waals surface area contributed by atoms with Gasteiger partial charge in [-0.1, -0.05) is 0 Å². The van der Waals surface area contributed by atoms with Gasteiger partial charge in [0.05, 0.1) is 25.9 Å². The van der Waals surface area contributed by atoms with Crippen molar-refractivity contribution >= 4 is 18.8 Å². The van der Waals surface area contributed by atoms with Crippen molar-refractivity contribution in [2.45, 2.75) is 25.2 Å². The SMILES string of the molecule is C1CO1.C[Si](C)(CC1CO1)O[SiH3]. The molecule has 1 atom stereocenters. The van der Waals surface area contributed by atoms with E-state index in [1.54, 1.807) is 0 Å². The van der Waals surface area contributed by atoms with Gasteiger partial charge in [0.2, 0.25) is 0 Å². The highest BCUT2D eigenvalue weighted by Crippen LogP contribution is 2.22. The van der Waals surface area contributed by atoms with E-state index in [1.807, 2.05) is 0 Å². The van der Waals surface area contributed by atoms with E-state index in [4.69, 9.17) is 8.85 Å². The third-order valence-corrected chi connectivity index (χ3v) is 7.74. The summed E-state index contributed by atoms with van der Waals surface area (Å²) < 4.78 is 15.1. The molecule has 2 saturated heterocycles. The molecule has 5 heteroatoms. The third kappa shape index (κ3) is 5.90. The first kappa shape index (κ1) is 10.4. The Labute approximate surface area is 78.1 Å². The summed E-state index contributed by atoms with van der Waals surface area (Å²) in [5.74, 6) is 0. The largest absolute Gasteiger partial charge is 0.463 e. The molecule has 3 nitrogen and oxygen atoms in total. The molecule has 0 radical (unpaired) electrons. The summed E-state index contributed by atoms with van der Waals surface area (Å²) >= 11 is 0. The van der Waals surface area contributed by atoms with Crippen LogP contribution in [0.25, 0.3) is 0 Å². The molecule has 2 fully saturated rings. The van der Waals surface area contributed by atoms with Crippen molar-refractivity contribution in [1.29, 1.82) is 0 Å². The molecule has 0 N–H and O–H groups in total. The molecule has 0 spiro atoms. The van der Waals surface area contributed by atoms with Crippen LogP contribution in [-0.4, -0.2) is 44.7 Å². The van der Waals surface area contributed by atoms with Gasteiger partial charge in [-0.15, -0.1) is 0 Å². The second-order valence-corrected chi connectivity index (χ2v) is 9.30. The molecule has 2 rings (SSSR count). The van der Waals surface area contributed by atoms with Crippen LogP contribution in [0.4, 0.5) is 0 Å². The minimum atomic E-state index is -1.24. The van der Waals surface area contributed by atoms with Gasteiger partial charge in [0.15, 0.2) is 8.32 Å². The summed E-state index contributed by atoms with van der Waals surface area (Å²) in [4.78, 5) is 0. The Balaban J connectivity index is 0.000000200. The van der Waals surface area contributed by atoms with E-state index in [-0.39, 0.29) is 0 Å². The van der Waals surface area contributed by atoms with E-state index in [9.17, 15) is 0 Å². The maximum atomic E-state index is 5.49. The number of rotatable bonds is 3. The Bertz CT molecular complexity index is 132.